The van der Waals surface area contributed by atoms with Gasteiger partial charge in [0.2, 0.25) is 0 Å². The first-order chi connectivity index (χ1) is 11.0. The molecule has 0 spiro atoms. The van der Waals surface area contributed by atoms with Crippen LogP contribution in [0.15, 0.2) is 61.1 Å². The number of rotatable bonds is 3. The zero-order valence-corrected chi connectivity index (χ0v) is 15.2. The topological polar surface area (TPSA) is 9.23 Å². The summed E-state index contributed by atoms with van der Waals surface area (Å²) in [6.45, 7) is 12.6. The van der Waals surface area contributed by atoms with Crippen molar-refractivity contribution in [2.75, 3.05) is 0 Å². The molecule has 0 unspecified atom stereocenters. The number of aryl methyl sites for hydroxylation is 1. The van der Waals surface area contributed by atoms with E-state index in [0.29, 0.717) is 0 Å². The summed E-state index contributed by atoms with van der Waals surface area (Å²) in [5.74, 6) is 0. The quantitative estimate of drug-likeness (QED) is 0.576. The molecule has 1 heteroatoms. The van der Waals surface area contributed by atoms with Crippen LogP contribution in [0.1, 0.15) is 36.1 Å². The highest BCUT2D eigenvalue weighted by Crippen LogP contribution is 2.29. The first-order valence-corrected chi connectivity index (χ1v) is 8.03. The molecule has 0 amide bonds. The lowest BCUT2D eigenvalue weighted by Gasteiger charge is -2.14. The lowest BCUT2D eigenvalue weighted by molar-refractivity contribution is 0.401. The van der Waals surface area contributed by atoms with Crippen molar-refractivity contribution >= 4 is 0 Å². The number of ether oxygens (including phenoxy) is 1. The van der Waals surface area contributed by atoms with Crippen molar-refractivity contribution in [1.82, 2.24) is 0 Å². The number of benzene rings is 2. The zero-order valence-electron chi connectivity index (χ0n) is 15.2. The van der Waals surface area contributed by atoms with E-state index in [9.17, 15) is 0 Å². The minimum absolute atomic E-state index is 1.31. The van der Waals surface area contributed by atoms with Crippen LogP contribution in [0.2, 0.25) is 0 Å². The molecule has 0 aliphatic carbocycles. The Bertz CT molecular complexity index is 654. The Morgan fingerprint density at radius 1 is 0.739 bits per heavy atom. The van der Waals surface area contributed by atoms with Crippen LogP contribution in [0, 0.1) is 27.7 Å². The van der Waals surface area contributed by atoms with E-state index >= 15 is 0 Å². The maximum Gasteiger partial charge on any atom is 0.0858 e. The molecule has 0 saturated heterocycles. The lowest BCUT2D eigenvalue weighted by atomic mass is 9.91. The van der Waals surface area contributed by atoms with Crippen LogP contribution in [0.5, 0.6) is 0 Å². The summed E-state index contributed by atoms with van der Waals surface area (Å²) in [5, 5.41) is 0. The van der Waals surface area contributed by atoms with Crippen LogP contribution in [0.25, 0.3) is 11.1 Å². The summed E-state index contributed by atoms with van der Waals surface area (Å²) in [6.07, 6.45) is 6.92. The van der Waals surface area contributed by atoms with Crippen LogP contribution in [0.4, 0.5) is 0 Å². The predicted octanol–water partition coefficient (Wildman–Crippen LogP) is 6.66. The Hall–Kier alpha value is -2.28. The van der Waals surface area contributed by atoms with E-state index in [1.807, 2.05) is 26.0 Å². The largest absolute Gasteiger partial charge is 0.473 e. The molecule has 0 aromatic heterocycles. The van der Waals surface area contributed by atoms with Gasteiger partial charge in [0, 0.05) is 0 Å². The SMILES string of the molecule is CC=COC=CC.Cc1cc(-c2ccccc2)c(C)c(C)c1C. The molecule has 122 valence electrons. The highest BCUT2D eigenvalue weighted by atomic mass is 16.5. The molecule has 0 bridgehead atoms. The Kier molecular flexibility index (Phi) is 7.90. The Balaban J connectivity index is 0.000000322. The molecule has 2 aromatic rings. The second-order valence-electron chi connectivity index (χ2n) is 5.56. The van der Waals surface area contributed by atoms with Crippen molar-refractivity contribution in [2.45, 2.75) is 41.5 Å². The Labute approximate surface area is 141 Å². The first-order valence-electron chi connectivity index (χ1n) is 8.03. The van der Waals surface area contributed by atoms with Gasteiger partial charge in [-0.1, -0.05) is 48.6 Å². The van der Waals surface area contributed by atoms with E-state index in [2.05, 4.69) is 64.1 Å². The van der Waals surface area contributed by atoms with Gasteiger partial charge in [0.25, 0.3) is 0 Å². The molecule has 23 heavy (non-hydrogen) atoms. The van der Waals surface area contributed by atoms with Crippen LogP contribution >= 0.6 is 0 Å². The normalized spacial score (nSPS) is 10.7. The van der Waals surface area contributed by atoms with Crippen molar-refractivity contribution in [3.05, 3.63) is 83.3 Å². The number of allylic oxidation sites excluding steroid dienone is 2. The minimum Gasteiger partial charge on any atom is -0.473 e. The summed E-state index contributed by atoms with van der Waals surface area (Å²) in [5.41, 5.74) is 8.28. The van der Waals surface area contributed by atoms with E-state index in [4.69, 9.17) is 4.74 Å². The fraction of sp³-hybridized carbons (Fsp3) is 0.273. The van der Waals surface area contributed by atoms with Crippen molar-refractivity contribution < 1.29 is 4.74 Å². The van der Waals surface area contributed by atoms with Gasteiger partial charge in [0.1, 0.15) is 0 Å². The average molecular weight is 308 g/mol. The van der Waals surface area contributed by atoms with E-state index in [1.165, 1.54) is 33.4 Å². The predicted molar refractivity (Wildman–Crippen MR) is 102 cm³/mol. The zero-order chi connectivity index (χ0) is 17.2. The van der Waals surface area contributed by atoms with Crippen molar-refractivity contribution in [1.29, 1.82) is 0 Å². The average Bonchev–Trinajstić information content (AvgIpc) is 2.58. The van der Waals surface area contributed by atoms with Gasteiger partial charge in [-0.05, 0) is 74.9 Å². The van der Waals surface area contributed by atoms with Crippen LogP contribution in [-0.4, -0.2) is 0 Å². The third kappa shape index (κ3) is 5.45. The monoisotopic (exact) mass is 308 g/mol. The van der Waals surface area contributed by atoms with Crippen LogP contribution in [-0.2, 0) is 4.74 Å². The van der Waals surface area contributed by atoms with Crippen LogP contribution in [0.3, 0.4) is 0 Å². The van der Waals surface area contributed by atoms with Crippen molar-refractivity contribution in [3.63, 3.8) is 0 Å². The van der Waals surface area contributed by atoms with Crippen molar-refractivity contribution in [2.24, 2.45) is 0 Å². The third-order valence-corrected chi connectivity index (χ3v) is 4.00. The number of hydrogen-bond acceptors (Lipinski definition) is 1. The smallest absolute Gasteiger partial charge is 0.0858 e. The highest BCUT2D eigenvalue weighted by molar-refractivity contribution is 5.70. The van der Waals surface area contributed by atoms with E-state index < -0.39 is 0 Å². The maximum absolute atomic E-state index is 4.77. The molecule has 0 aliphatic heterocycles. The van der Waals surface area contributed by atoms with E-state index in [0.717, 1.165) is 0 Å². The minimum atomic E-state index is 1.31. The van der Waals surface area contributed by atoms with Gasteiger partial charge in [-0.15, -0.1) is 0 Å². The summed E-state index contributed by atoms with van der Waals surface area (Å²) in [7, 11) is 0. The molecule has 0 aliphatic rings. The second-order valence-corrected chi connectivity index (χ2v) is 5.56. The second kappa shape index (κ2) is 9.68. The molecule has 2 rings (SSSR count). The fourth-order valence-electron chi connectivity index (χ4n) is 2.33. The molecule has 0 heterocycles. The van der Waals surface area contributed by atoms with Gasteiger partial charge in [-0.2, -0.15) is 0 Å². The van der Waals surface area contributed by atoms with Crippen molar-refractivity contribution in [3.8, 4) is 11.1 Å². The molecule has 2 aromatic carbocycles. The summed E-state index contributed by atoms with van der Waals surface area (Å²) in [4.78, 5) is 0. The van der Waals surface area contributed by atoms with Gasteiger partial charge in [-0.3, -0.25) is 0 Å². The molecular weight excluding hydrogens is 280 g/mol. The highest BCUT2D eigenvalue weighted by Gasteiger charge is 2.08. The van der Waals surface area contributed by atoms with Gasteiger partial charge in [0.15, 0.2) is 0 Å². The molecule has 1 nitrogen and oxygen atoms in total. The van der Waals surface area contributed by atoms with Crippen LogP contribution < -0.4 is 0 Å². The summed E-state index contributed by atoms with van der Waals surface area (Å²) >= 11 is 0. The van der Waals surface area contributed by atoms with Gasteiger partial charge >= 0.3 is 0 Å². The Morgan fingerprint density at radius 2 is 1.30 bits per heavy atom. The molecular formula is C22H28O. The molecule has 0 N–H and O–H groups in total. The number of hydrogen-bond donors (Lipinski definition) is 0. The van der Waals surface area contributed by atoms with Gasteiger partial charge in [0.05, 0.1) is 12.5 Å². The Morgan fingerprint density at radius 3 is 1.83 bits per heavy atom. The summed E-state index contributed by atoms with van der Waals surface area (Å²) in [6, 6.07) is 12.9. The molecule has 0 saturated carbocycles. The standard InChI is InChI=1S/C16H18.C6H10O/c1-11-10-16(14(4)13(3)12(11)2)15-8-6-5-7-9-15;1-3-5-7-6-4-2/h5-10H,1-4H3;3-6H,1-2H3. The molecule has 0 atom stereocenters. The first kappa shape index (κ1) is 18.8. The van der Waals surface area contributed by atoms with Gasteiger partial charge < -0.3 is 4.74 Å². The molecule has 0 fully saturated rings. The third-order valence-electron chi connectivity index (χ3n) is 4.00. The fourth-order valence-corrected chi connectivity index (χ4v) is 2.33. The van der Waals surface area contributed by atoms with E-state index in [-0.39, 0.29) is 0 Å². The molecule has 0 radical (unpaired) electrons. The maximum atomic E-state index is 4.77. The van der Waals surface area contributed by atoms with Gasteiger partial charge in [-0.25, -0.2) is 0 Å². The summed E-state index contributed by atoms with van der Waals surface area (Å²) < 4.78 is 4.77. The van der Waals surface area contributed by atoms with E-state index in [1.54, 1.807) is 12.5 Å². The lowest BCUT2D eigenvalue weighted by Crippen LogP contribution is -1.94.